The van der Waals surface area contributed by atoms with Crippen LogP contribution in [-0.4, -0.2) is 40.6 Å². The normalized spacial score (nSPS) is 18.9. The van der Waals surface area contributed by atoms with Crippen molar-refractivity contribution in [3.05, 3.63) is 70.9 Å². The Morgan fingerprint density at radius 1 is 1.08 bits per heavy atom. The molecule has 198 valence electrons. The first-order valence-corrected chi connectivity index (χ1v) is 13.5. The minimum atomic E-state index is -1.01. The van der Waals surface area contributed by atoms with Gasteiger partial charge >= 0.3 is 5.97 Å². The smallest absolute Gasteiger partial charge is 0.326 e. The zero-order valence-electron chi connectivity index (χ0n) is 22.1. The molecule has 4 rings (SSSR count). The average Bonchev–Trinajstić information content (AvgIpc) is 3.26. The standard InChI is InChI=1S/C30H40N4O3/c1-18(2)21-13-11-20(12-14-21)16-19(3)27-28-23(22-8-4-5-9-24(22)32-28)17-26(33-27)29(35)34-25(30(36)37)10-6-7-15-31/h4-5,8-9,11-14,18-19,25-27,32-33H,6-7,10,15-17,31H2,1-3H3,(H,34,35)(H,36,37). The predicted octanol–water partition coefficient (Wildman–Crippen LogP) is 4.42. The molecule has 1 amide bonds. The van der Waals surface area contributed by atoms with E-state index in [4.69, 9.17) is 5.73 Å². The van der Waals surface area contributed by atoms with E-state index in [1.807, 2.05) is 12.1 Å². The van der Waals surface area contributed by atoms with E-state index in [0.29, 0.717) is 31.7 Å². The summed E-state index contributed by atoms with van der Waals surface area (Å²) in [5.41, 5.74) is 11.4. The Morgan fingerprint density at radius 2 is 1.81 bits per heavy atom. The molecule has 7 heteroatoms. The maximum absolute atomic E-state index is 13.4. The second-order valence-corrected chi connectivity index (χ2v) is 10.7. The maximum atomic E-state index is 13.4. The number of aliphatic carboxylic acids is 1. The Bertz CT molecular complexity index is 1220. The largest absolute Gasteiger partial charge is 0.480 e. The van der Waals surface area contributed by atoms with E-state index < -0.39 is 18.1 Å². The number of aromatic nitrogens is 1. The number of carbonyl (C=O) groups excluding carboxylic acids is 1. The lowest BCUT2D eigenvalue weighted by molar-refractivity contribution is -0.142. The fourth-order valence-electron chi connectivity index (χ4n) is 5.44. The molecule has 0 fully saturated rings. The van der Waals surface area contributed by atoms with Crippen LogP contribution in [0.4, 0.5) is 0 Å². The molecule has 0 saturated carbocycles. The summed E-state index contributed by atoms with van der Waals surface area (Å²) in [6.07, 6.45) is 3.13. The van der Waals surface area contributed by atoms with Gasteiger partial charge in [0.15, 0.2) is 0 Å². The lowest BCUT2D eigenvalue weighted by Crippen LogP contribution is -2.54. The van der Waals surface area contributed by atoms with Crippen LogP contribution in [0.2, 0.25) is 0 Å². The Labute approximate surface area is 219 Å². The molecule has 0 bridgehead atoms. The van der Waals surface area contributed by atoms with E-state index in [9.17, 15) is 14.7 Å². The summed E-state index contributed by atoms with van der Waals surface area (Å²) in [5.74, 6) is -0.588. The van der Waals surface area contributed by atoms with Crippen LogP contribution in [0.25, 0.3) is 10.9 Å². The molecule has 4 atom stereocenters. The van der Waals surface area contributed by atoms with Crippen molar-refractivity contribution in [3.63, 3.8) is 0 Å². The molecule has 37 heavy (non-hydrogen) atoms. The molecule has 4 unspecified atom stereocenters. The molecule has 6 N–H and O–H groups in total. The molecule has 0 aliphatic carbocycles. The van der Waals surface area contributed by atoms with E-state index in [1.165, 1.54) is 11.1 Å². The van der Waals surface area contributed by atoms with Gasteiger partial charge in [0.2, 0.25) is 5.91 Å². The molecule has 1 aliphatic rings. The number of unbranched alkanes of at least 4 members (excludes halogenated alkanes) is 1. The van der Waals surface area contributed by atoms with Crippen molar-refractivity contribution in [2.24, 2.45) is 11.7 Å². The van der Waals surface area contributed by atoms with E-state index in [1.54, 1.807) is 0 Å². The summed E-state index contributed by atoms with van der Waals surface area (Å²) in [5, 5.41) is 17.2. The van der Waals surface area contributed by atoms with E-state index in [2.05, 4.69) is 72.8 Å². The number of rotatable bonds is 11. The van der Waals surface area contributed by atoms with Crippen molar-refractivity contribution in [2.75, 3.05) is 6.54 Å². The van der Waals surface area contributed by atoms with Gasteiger partial charge in [0.1, 0.15) is 6.04 Å². The molecular weight excluding hydrogens is 464 g/mol. The van der Waals surface area contributed by atoms with Crippen molar-refractivity contribution in [2.45, 2.75) is 76.9 Å². The highest BCUT2D eigenvalue weighted by molar-refractivity contribution is 5.90. The van der Waals surface area contributed by atoms with Gasteiger partial charge in [0.25, 0.3) is 0 Å². The van der Waals surface area contributed by atoms with Gasteiger partial charge in [-0.3, -0.25) is 10.1 Å². The third-order valence-corrected chi connectivity index (χ3v) is 7.60. The molecule has 0 spiro atoms. The van der Waals surface area contributed by atoms with Gasteiger partial charge in [0.05, 0.1) is 12.1 Å². The molecule has 2 heterocycles. The molecular formula is C30H40N4O3. The lowest BCUT2D eigenvalue weighted by Gasteiger charge is -2.35. The average molecular weight is 505 g/mol. The number of amides is 1. The predicted molar refractivity (Wildman–Crippen MR) is 148 cm³/mol. The Kier molecular flexibility index (Phi) is 8.67. The number of benzene rings is 2. The fraction of sp³-hybridized carbons (Fsp3) is 0.467. The number of carboxylic acids is 1. The number of carboxylic acid groups (broad SMARTS) is 1. The number of carbonyl (C=O) groups is 2. The fourth-order valence-corrected chi connectivity index (χ4v) is 5.44. The number of fused-ring (bicyclic) bond motifs is 3. The molecule has 0 radical (unpaired) electrons. The van der Waals surface area contributed by atoms with Crippen LogP contribution in [0, 0.1) is 5.92 Å². The van der Waals surface area contributed by atoms with Crippen molar-refractivity contribution >= 4 is 22.8 Å². The second-order valence-electron chi connectivity index (χ2n) is 10.7. The summed E-state index contributed by atoms with van der Waals surface area (Å²) in [6, 6.07) is 15.5. The van der Waals surface area contributed by atoms with Crippen LogP contribution in [0.5, 0.6) is 0 Å². The molecule has 2 aromatic carbocycles. The van der Waals surface area contributed by atoms with Crippen LogP contribution >= 0.6 is 0 Å². The second kappa shape index (κ2) is 11.9. The highest BCUT2D eigenvalue weighted by atomic mass is 16.4. The van der Waals surface area contributed by atoms with Crippen LogP contribution in [0.15, 0.2) is 48.5 Å². The van der Waals surface area contributed by atoms with Gasteiger partial charge in [-0.05, 0) is 73.2 Å². The lowest BCUT2D eigenvalue weighted by atomic mass is 9.84. The third kappa shape index (κ3) is 6.22. The number of aromatic amines is 1. The number of hydrogen-bond acceptors (Lipinski definition) is 4. The topological polar surface area (TPSA) is 120 Å². The summed E-state index contributed by atoms with van der Waals surface area (Å²) < 4.78 is 0. The monoisotopic (exact) mass is 504 g/mol. The summed E-state index contributed by atoms with van der Waals surface area (Å²) >= 11 is 0. The Morgan fingerprint density at radius 3 is 2.49 bits per heavy atom. The maximum Gasteiger partial charge on any atom is 0.326 e. The first kappa shape index (κ1) is 26.9. The summed E-state index contributed by atoms with van der Waals surface area (Å²) in [6.45, 7) is 7.10. The van der Waals surface area contributed by atoms with Gasteiger partial charge < -0.3 is 21.1 Å². The minimum Gasteiger partial charge on any atom is -0.480 e. The van der Waals surface area contributed by atoms with Gasteiger partial charge in [0, 0.05) is 16.6 Å². The zero-order chi connectivity index (χ0) is 26.5. The van der Waals surface area contributed by atoms with E-state index >= 15 is 0 Å². The van der Waals surface area contributed by atoms with Gasteiger partial charge in [-0.1, -0.05) is 63.2 Å². The van der Waals surface area contributed by atoms with Crippen molar-refractivity contribution < 1.29 is 14.7 Å². The zero-order valence-corrected chi connectivity index (χ0v) is 22.1. The van der Waals surface area contributed by atoms with Crippen LogP contribution in [0.3, 0.4) is 0 Å². The van der Waals surface area contributed by atoms with Crippen LogP contribution in [-0.2, 0) is 22.4 Å². The van der Waals surface area contributed by atoms with Crippen LogP contribution < -0.4 is 16.4 Å². The first-order valence-electron chi connectivity index (χ1n) is 13.5. The van der Waals surface area contributed by atoms with Crippen molar-refractivity contribution in [1.82, 2.24) is 15.6 Å². The number of nitrogens with one attached hydrogen (secondary N) is 3. The molecule has 0 saturated heterocycles. The third-order valence-electron chi connectivity index (χ3n) is 7.60. The van der Waals surface area contributed by atoms with Crippen molar-refractivity contribution in [3.8, 4) is 0 Å². The quantitative estimate of drug-likeness (QED) is 0.248. The summed E-state index contributed by atoms with van der Waals surface area (Å²) in [7, 11) is 0. The Balaban J connectivity index is 1.57. The van der Waals surface area contributed by atoms with Gasteiger partial charge in [-0.25, -0.2) is 4.79 Å². The van der Waals surface area contributed by atoms with E-state index in [-0.39, 0.29) is 17.9 Å². The minimum absolute atomic E-state index is 0.0720. The molecule has 3 aromatic rings. The SMILES string of the molecule is CC(C)c1ccc(CC(C)C2NC(C(=O)NC(CCCCN)C(=O)O)Cc3c2[nH]c2ccccc32)cc1. The number of nitrogens with two attached hydrogens (primary N) is 1. The van der Waals surface area contributed by atoms with Crippen LogP contribution in [0.1, 0.15) is 74.4 Å². The van der Waals surface area contributed by atoms with E-state index in [0.717, 1.165) is 35.0 Å². The van der Waals surface area contributed by atoms with Gasteiger partial charge in [-0.15, -0.1) is 0 Å². The molecule has 1 aromatic heterocycles. The molecule has 7 nitrogen and oxygen atoms in total. The molecule has 1 aliphatic heterocycles. The highest BCUT2D eigenvalue weighted by Gasteiger charge is 2.36. The number of para-hydroxylation sites is 1. The van der Waals surface area contributed by atoms with Crippen molar-refractivity contribution in [1.29, 1.82) is 0 Å². The number of hydrogen-bond donors (Lipinski definition) is 5. The number of H-pyrrole nitrogens is 1. The Hall–Kier alpha value is -3.16. The van der Waals surface area contributed by atoms with Gasteiger partial charge in [-0.2, -0.15) is 0 Å². The highest BCUT2D eigenvalue weighted by Crippen LogP contribution is 2.36. The first-order chi connectivity index (χ1) is 17.8. The summed E-state index contributed by atoms with van der Waals surface area (Å²) in [4.78, 5) is 28.8.